The molecule has 0 spiro atoms. The van der Waals surface area contributed by atoms with Gasteiger partial charge >= 0.3 is 0 Å². The van der Waals surface area contributed by atoms with E-state index < -0.39 is 27.6 Å². The minimum Gasteiger partial charge on any atom is -0.322 e. The highest BCUT2D eigenvalue weighted by molar-refractivity contribution is 7.92. The number of carbonyl (C=O) groups is 1. The summed E-state index contributed by atoms with van der Waals surface area (Å²) in [5, 5.41) is 2.41. The number of aryl methyl sites for hydroxylation is 1. The van der Waals surface area contributed by atoms with E-state index in [9.17, 15) is 22.0 Å². The first kappa shape index (κ1) is 20.8. The van der Waals surface area contributed by atoms with Crippen LogP contribution >= 0.6 is 11.6 Å². The average molecular weight is 437 g/mol. The molecule has 0 aromatic heterocycles. The molecule has 1 amide bonds. The molecule has 0 aliphatic carbocycles. The number of carbonyl (C=O) groups excluding carboxylic acids is 1. The molecule has 0 radical (unpaired) electrons. The maximum atomic E-state index is 13.3. The summed E-state index contributed by atoms with van der Waals surface area (Å²) >= 11 is 6.12. The van der Waals surface area contributed by atoms with Gasteiger partial charge in [0.25, 0.3) is 15.9 Å². The molecule has 3 aromatic rings. The Bertz CT molecular complexity index is 1180. The van der Waals surface area contributed by atoms with Crippen molar-refractivity contribution in [3.05, 3.63) is 88.4 Å². The van der Waals surface area contributed by atoms with Crippen molar-refractivity contribution >= 4 is 38.9 Å². The number of anilines is 2. The van der Waals surface area contributed by atoms with Crippen LogP contribution in [0.3, 0.4) is 0 Å². The number of sulfonamides is 1. The van der Waals surface area contributed by atoms with E-state index in [1.807, 2.05) is 6.92 Å². The largest absolute Gasteiger partial charge is 0.322 e. The third-order valence-electron chi connectivity index (χ3n) is 3.98. The zero-order valence-electron chi connectivity index (χ0n) is 15.0. The Hall–Kier alpha value is -2.97. The molecular weight excluding hydrogens is 422 g/mol. The Morgan fingerprint density at radius 3 is 2.24 bits per heavy atom. The molecule has 3 rings (SSSR count). The first-order chi connectivity index (χ1) is 13.7. The molecule has 5 nitrogen and oxygen atoms in total. The molecule has 0 atom stereocenters. The average Bonchev–Trinajstić information content (AvgIpc) is 2.66. The standard InChI is InChI=1S/C20H15ClF2N2O3S/c1-12-2-6-15(7-3-12)29(27,28)25-19-9-4-13(10-16(19)21)20(26)24-14-5-8-17(22)18(23)11-14/h2-11,25H,1H3,(H,24,26). The third-order valence-corrected chi connectivity index (χ3v) is 5.68. The summed E-state index contributed by atoms with van der Waals surface area (Å²) in [6.07, 6.45) is 0. The number of rotatable bonds is 5. The van der Waals surface area contributed by atoms with E-state index in [4.69, 9.17) is 11.6 Å². The Balaban J connectivity index is 1.78. The lowest BCUT2D eigenvalue weighted by molar-refractivity contribution is 0.102. The summed E-state index contributed by atoms with van der Waals surface area (Å²) in [6.45, 7) is 1.84. The second-order valence-corrected chi connectivity index (χ2v) is 8.29. The van der Waals surface area contributed by atoms with Crippen LogP contribution in [0, 0.1) is 18.6 Å². The summed E-state index contributed by atoms with van der Waals surface area (Å²) < 4.78 is 53.5. The number of nitrogens with one attached hydrogen (secondary N) is 2. The smallest absolute Gasteiger partial charge is 0.261 e. The molecule has 0 heterocycles. The molecule has 2 N–H and O–H groups in total. The Morgan fingerprint density at radius 2 is 1.62 bits per heavy atom. The number of benzene rings is 3. The van der Waals surface area contributed by atoms with Gasteiger partial charge in [0.05, 0.1) is 15.6 Å². The molecule has 0 saturated carbocycles. The second-order valence-electron chi connectivity index (χ2n) is 6.20. The lowest BCUT2D eigenvalue weighted by atomic mass is 10.2. The fourth-order valence-electron chi connectivity index (χ4n) is 2.44. The zero-order valence-corrected chi connectivity index (χ0v) is 16.6. The van der Waals surface area contributed by atoms with Gasteiger partial charge in [0.1, 0.15) is 0 Å². The molecule has 0 saturated heterocycles. The molecule has 0 unspecified atom stereocenters. The zero-order chi connectivity index (χ0) is 21.2. The van der Waals surface area contributed by atoms with E-state index in [-0.39, 0.29) is 26.9 Å². The van der Waals surface area contributed by atoms with Crippen molar-refractivity contribution in [2.45, 2.75) is 11.8 Å². The highest BCUT2D eigenvalue weighted by Crippen LogP contribution is 2.26. The quantitative estimate of drug-likeness (QED) is 0.592. The van der Waals surface area contributed by atoms with Crippen LogP contribution in [0.25, 0.3) is 0 Å². The van der Waals surface area contributed by atoms with Gasteiger partial charge < -0.3 is 5.32 Å². The van der Waals surface area contributed by atoms with E-state index in [0.29, 0.717) is 0 Å². The van der Waals surface area contributed by atoms with Crippen molar-refractivity contribution in [1.82, 2.24) is 0 Å². The van der Waals surface area contributed by atoms with Gasteiger partial charge in [0, 0.05) is 17.3 Å². The SMILES string of the molecule is Cc1ccc(S(=O)(=O)Nc2ccc(C(=O)Nc3ccc(F)c(F)c3)cc2Cl)cc1. The molecule has 3 aromatic carbocycles. The molecule has 0 fully saturated rings. The molecule has 29 heavy (non-hydrogen) atoms. The third kappa shape index (κ3) is 4.90. The van der Waals surface area contributed by atoms with Crippen LogP contribution in [0.15, 0.2) is 65.6 Å². The van der Waals surface area contributed by atoms with Crippen LogP contribution < -0.4 is 10.0 Å². The summed E-state index contributed by atoms with van der Waals surface area (Å²) in [4.78, 5) is 12.4. The van der Waals surface area contributed by atoms with Gasteiger partial charge in [-0.25, -0.2) is 17.2 Å². The number of hydrogen-bond acceptors (Lipinski definition) is 3. The normalized spacial score (nSPS) is 11.2. The van der Waals surface area contributed by atoms with Gasteiger partial charge in [-0.15, -0.1) is 0 Å². The van der Waals surface area contributed by atoms with Crippen LogP contribution in [-0.2, 0) is 10.0 Å². The Morgan fingerprint density at radius 1 is 0.931 bits per heavy atom. The van der Waals surface area contributed by atoms with E-state index in [1.165, 1.54) is 36.4 Å². The van der Waals surface area contributed by atoms with Gasteiger partial charge in [0.2, 0.25) is 0 Å². The maximum absolute atomic E-state index is 13.3. The van der Waals surface area contributed by atoms with E-state index in [1.54, 1.807) is 12.1 Å². The van der Waals surface area contributed by atoms with Crippen molar-refractivity contribution in [2.24, 2.45) is 0 Å². The molecule has 150 valence electrons. The number of hydrogen-bond donors (Lipinski definition) is 2. The molecule has 0 bridgehead atoms. The molecular formula is C20H15ClF2N2O3S. The molecule has 0 aliphatic heterocycles. The van der Waals surface area contributed by atoms with Crippen LogP contribution in [0.4, 0.5) is 20.2 Å². The monoisotopic (exact) mass is 436 g/mol. The highest BCUT2D eigenvalue weighted by atomic mass is 35.5. The predicted molar refractivity (Wildman–Crippen MR) is 108 cm³/mol. The maximum Gasteiger partial charge on any atom is 0.261 e. The number of halogens is 3. The Kier molecular flexibility index (Phi) is 5.86. The van der Waals surface area contributed by atoms with Crippen LogP contribution in [0.2, 0.25) is 5.02 Å². The van der Waals surface area contributed by atoms with Crippen molar-refractivity contribution in [2.75, 3.05) is 10.0 Å². The Labute approximate surface area is 171 Å². The van der Waals surface area contributed by atoms with Crippen molar-refractivity contribution in [1.29, 1.82) is 0 Å². The highest BCUT2D eigenvalue weighted by Gasteiger charge is 2.17. The topological polar surface area (TPSA) is 75.3 Å². The van der Waals surface area contributed by atoms with Crippen LogP contribution in [-0.4, -0.2) is 14.3 Å². The second kappa shape index (κ2) is 8.18. The van der Waals surface area contributed by atoms with Gasteiger partial charge in [-0.05, 0) is 49.4 Å². The number of amides is 1. The minimum absolute atomic E-state index is 0.00127. The fraction of sp³-hybridized carbons (Fsp3) is 0.0500. The van der Waals surface area contributed by atoms with Crippen molar-refractivity contribution < 1.29 is 22.0 Å². The van der Waals surface area contributed by atoms with Gasteiger partial charge in [-0.2, -0.15) is 0 Å². The van der Waals surface area contributed by atoms with Crippen molar-refractivity contribution in [3.8, 4) is 0 Å². The lowest BCUT2D eigenvalue weighted by Gasteiger charge is -2.11. The first-order valence-electron chi connectivity index (χ1n) is 8.31. The van der Waals surface area contributed by atoms with Crippen LogP contribution in [0.5, 0.6) is 0 Å². The summed E-state index contributed by atoms with van der Waals surface area (Å²) in [6, 6.07) is 13.2. The van der Waals surface area contributed by atoms with Gasteiger partial charge in [0.15, 0.2) is 11.6 Å². The minimum atomic E-state index is -3.86. The first-order valence-corrected chi connectivity index (χ1v) is 10.2. The summed E-state index contributed by atoms with van der Waals surface area (Å²) in [5.74, 6) is -2.75. The predicted octanol–water partition coefficient (Wildman–Crippen LogP) is 4.98. The van der Waals surface area contributed by atoms with Crippen LogP contribution in [0.1, 0.15) is 15.9 Å². The summed E-state index contributed by atoms with van der Waals surface area (Å²) in [5.41, 5.74) is 1.18. The fourth-order valence-corrected chi connectivity index (χ4v) is 3.80. The van der Waals surface area contributed by atoms with E-state index >= 15 is 0 Å². The molecule has 9 heteroatoms. The van der Waals surface area contributed by atoms with E-state index in [0.717, 1.165) is 17.7 Å². The lowest BCUT2D eigenvalue weighted by Crippen LogP contribution is -2.15. The molecule has 0 aliphatic rings. The summed E-state index contributed by atoms with van der Waals surface area (Å²) in [7, 11) is -3.86. The van der Waals surface area contributed by atoms with Gasteiger partial charge in [-0.3, -0.25) is 9.52 Å². The van der Waals surface area contributed by atoms with Crippen molar-refractivity contribution in [3.63, 3.8) is 0 Å². The van der Waals surface area contributed by atoms with Gasteiger partial charge in [-0.1, -0.05) is 29.3 Å². The van der Waals surface area contributed by atoms with E-state index in [2.05, 4.69) is 10.0 Å².